The van der Waals surface area contributed by atoms with Gasteiger partial charge in [-0.1, -0.05) is 29.3 Å². The Labute approximate surface area is 160 Å². The molecule has 4 nitrogen and oxygen atoms in total. The van der Waals surface area contributed by atoms with Gasteiger partial charge in [0, 0.05) is 50.8 Å². The van der Waals surface area contributed by atoms with Gasteiger partial charge in [0.05, 0.1) is 0 Å². The lowest BCUT2D eigenvalue weighted by Gasteiger charge is -2.07. The summed E-state index contributed by atoms with van der Waals surface area (Å²) in [5.74, 6) is -0.0275. The van der Waals surface area contributed by atoms with Crippen molar-refractivity contribution in [3.8, 4) is 0 Å². The summed E-state index contributed by atoms with van der Waals surface area (Å²) in [6.07, 6.45) is 4.59. The largest absolute Gasteiger partial charge is 0.361 e. The highest BCUT2D eigenvalue weighted by Gasteiger charge is 2.09. The Bertz CT molecular complexity index is 1100. The van der Waals surface area contributed by atoms with Crippen LogP contribution in [-0.4, -0.2) is 22.0 Å². The highest BCUT2D eigenvalue weighted by molar-refractivity contribution is 6.35. The molecule has 2 aromatic heterocycles. The van der Waals surface area contributed by atoms with Gasteiger partial charge in [0.1, 0.15) is 6.54 Å². The van der Waals surface area contributed by atoms with Crippen molar-refractivity contribution in [2.75, 3.05) is 6.54 Å². The summed E-state index contributed by atoms with van der Waals surface area (Å²) < 4.78 is 1.90. The minimum absolute atomic E-state index is 0.0275. The first-order valence-corrected chi connectivity index (χ1v) is 9.13. The molecule has 26 heavy (non-hydrogen) atoms. The van der Waals surface area contributed by atoms with E-state index in [1.807, 2.05) is 59.4 Å². The summed E-state index contributed by atoms with van der Waals surface area (Å²) in [7, 11) is 0. The molecule has 0 fully saturated rings. The number of amides is 1. The number of benzene rings is 2. The van der Waals surface area contributed by atoms with E-state index in [2.05, 4.69) is 10.3 Å². The molecule has 132 valence electrons. The second-order valence-corrected chi connectivity index (χ2v) is 7.06. The van der Waals surface area contributed by atoms with Crippen molar-refractivity contribution in [3.05, 3.63) is 70.5 Å². The fourth-order valence-electron chi connectivity index (χ4n) is 3.23. The van der Waals surface area contributed by atoms with E-state index in [1.54, 1.807) is 0 Å². The number of carbonyl (C=O) groups excluding carboxylic acids is 1. The molecule has 0 saturated carbocycles. The van der Waals surface area contributed by atoms with E-state index >= 15 is 0 Å². The number of hydrogen-bond donors (Lipinski definition) is 2. The number of H-pyrrole nitrogens is 1. The minimum atomic E-state index is -0.0275. The number of hydrogen-bond acceptors (Lipinski definition) is 1. The molecule has 0 bridgehead atoms. The van der Waals surface area contributed by atoms with Gasteiger partial charge in [0.2, 0.25) is 5.91 Å². The number of fused-ring (bicyclic) bond motifs is 2. The lowest BCUT2D eigenvalue weighted by molar-refractivity contribution is -0.121. The van der Waals surface area contributed by atoms with Gasteiger partial charge in [-0.3, -0.25) is 4.79 Å². The highest BCUT2D eigenvalue weighted by atomic mass is 35.5. The first-order valence-electron chi connectivity index (χ1n) is 8.37. The summed E-state index contributed by atoms with van der Waals surface area (Å²) in [6.45, 7) is 0.835. The Kier molecular flexibility index (Phi) is 4.62. The molecule has 0 aliphatic heterocycles. The van der Waals surface area contributed by atoms with Crippen LogP contribution in [0.5, 0.6) is 0 Å². The van der Waals surface area contributed by atoms with Crippen molar-refractivity contribution in [1.29, 1.82) is 0 Å². The van der Waals surface area contributed by atoms with Gasteiger partial charge < -0.3 is 14.9 Å². The van der Waals surface area contributed by atoms with Crippen LogP contribution in [-0.2, 0) is 17.8 Å². The Hall–Kier alpha value is -2.43. The predicted molar refractivity (Wildman–Crippen MR) is 107 cm³/mol. The van der Waals surface area contributed by atoms with Gasteiger partial charge in [0.15, 0.2) is 0 Å². The Morgan fingerprint density at radius 3 is 2.88 bits per heavy atom. The quantitative estimate of drug-likeness (QED) is 0.509. The molecule has 6 heteroatoms. The third-order valence-electron chi connectivity index (χ3n) is 4.52. The van der Waals surface area contributed by atoms with Crippen molar-refractivity contribution in [1.82, 2.24) is 14.9 Å². The number of halogens is 2. The topological polar surface area (TPSA) is 49.8 Å². The molecule has 2 N–H and O–H groups in total. The molecule has 2 heterocycles. The lowest BCUT2D eigenvalue weighted by Crippen LogP contribution is -2.29. The molecule has 0 saturated heterocycles. The summed E-state index contributed by atoms with van der Waals surface area (Å²) in [4.78, 5) is 15.5. The fraction of sp³-hybridized carbons (Fsp3) is 0.150. The van der Waals surface area contributed by atoms with E-state index in [4.69, 9.17) is 23.2 Å². The van der Waals surface area contributed by atoms with Crippen LogP contribution >= 0.6 is 23.2 Å². The maximum atomic E-state index is 12.3. The Balaban J connectivity index is 1.39. The summed E-state index contributed by atoms with van der Waals surface area (Å²) in [6, 6.07) is 13.4. The predicted octanol–water partition coefficient (Wildman–Crippen LogP) is 4.79. The van der Waals surface area contributed by atoms with Gasteiger partial charge in [0.25, 0.3) is 0 Å². The van der Waals surface area contributed by atoms with E-state index < -0.39 is 0 Å². The molecular weight excluding hydrogens is 369 g/mol. The number of aromatic amines is 1. The van der Waals surface area contributed by atoms with Crippen LogP contribution in [0.1, 0.15) is 5.56 Å². The maximum absolute atomic E-state index is 12.3. The third kappa shape index (κ3) is 3.30. The number of aromatic nitrogens is 2. The minimum Gasteiger partial charge on any atom is -0.361 e. The van der Waals surface area contributed by atoms with E-state index in [-0.39, 0.29) is 12.5 Å². The second-order valence-electron chi connectivity index (χ2n) is 6.22. The maximum Gasteiger partial charge on any atom is 0.239 e. The average molecular weight is 386 g/mol. The van der Waals surface area contributed by atoms with Gasteiger partial charge >= 0.3 is 0 Å². The third-order valence-corrected chi connectivity index (χ3v) is 5.09. The smallest absolute Gasteiger partial charge is 0.239 e. The molecule has 1 amide bonds. The Morgan fingerprint density at radius 2 is 2.00 bits per heavy atom. The van der Waals surface area contributed by atoms with Crippen molar-refractivity contribution in [2.45, 2.75) is 13.0 Å². The number of rotatable bonds is 5. The monoisotopic (exact) mass is 385 g/mol. The van der Waals surface area contributed by atoms with Crippen LogP contribution in [0.15, 0.2) is 54.9 Å². The molecule has 0 spiro atoms. The zero-order valence-corrected chi connectivity index (χ0v) is 15.4. The molecule has 0 aliphatic rings. The molecular formula is C20H17Cl2N3O. The first kappa shape index (κ1) is 17.0. The fourth-order valence-corrected chi connectivity index (χ4v) is 3.63. The second kappa shape index (κ2) is 7.06. The molecule has 0 aliphatic carbocycles. The lowest BCUT2D eigenvalue weighted by atomic mass is 10.1. The van der Waals surface area contributed by atoms with Crippen LogP contribution in [0.4, 0.5) is 0 Å². The molecule has 2 aromatic carbocycles. The standard InChI is InChI=1S/C20H17Cl2N3O/c21-14-4-5-18-16(10-14)13(11-24-18)6-8-23-20(26)12-25-9-7-15-17(22)2-1-3-19(15)25/h1-5,7,9-11,24H,6,8,12H2,(H,23,26). The first-order chi connectivity index (χ1) is 12.6. The van der Waals surface area contributed by atoms with E-state index in [0.717, 1.165) is 33.8 Å². The van der Waals surface area contributed by atoms with Crippen LogP contribution in [0.25, 0.3) is 21.8 Å². The van der Waals surface area contributed by atoms with Gasteiger partial charge in [-0.15, -0.1) is 0 Å². The van der Waals surface area contributed by atoms with Gasteiger partial charge in [-0.05, 0) is 48.4 Å². The highest BCUT2D eigenvalue weighted by Crippen LogP contribution is 2.24. The van der Waals surface area contributed by atoms with Gasteiger partial charge in [-0.2, -0.15) is 0 Å². The van der Waals surface area contributed by atoms with Crippen LogP contribution in [0, 0.1) is 0 Å². The van der Waals surface area contributed by atoms with E-state index in [9.17, 15) is 4.79 Å². The molecule has 0 unspecified atom stereocenters. The molecule has 0 atom stereocenters. The Morgan fingerprint density at radius 1 is 1.12 bits per heavy atom. The average Bonchev–Trinajstić information content (AvgIpc) is 3.20. The summed E-state index contributed by atoms with van der Waals surface area (Å²) in [5.41, 5.74) is 3.14. The number of nitrogens with zero attached hydrogens (tertiary/aromatic N) is 1. The van der Waals surface area contributed by atoms with Crippen LogP contribution in [0.3, 0.4) is 0 Å². The molecule has 4 rings (SSSR count). The molecule has 4 aromatic rings. The molecule has 0 radical (unpaired) electrons. The normalized spacial score (nSPS) is 11.3. The van der Waals surface area contributed by atoms with Crippen molar-refractivity contribution < 1.29 is 4.79 Å². The van der Waals surface area contributed by atoms with E-state index in [1.165, 1.54) is 0 Å². The van der Waals surface area contributed by atoms with Crippen LogP contribution < -0.4 is 5.32 Å². The number of nitrogens with one attached hydrogen (secondary N) is 2. The summed E-state index contributed by atoms with van der Waals surface area (Å²) in [5, 5.41) is 6.43. The van der Waals surface area contributed by atoms with Crippen molar-refractivity contribution in [3.63, 3.8) is 0 Å². The zero-order valence-electron chi connectivity index (χ0n) is 13.9. The van der Waals surface area contributed by atoms with Gasteiger partial charge in [-0.25, -0.2) is 0 Å². The SMILES string of the molecule is O=C(Cn1ccc2c(Cl)cccc21)NCCc1c[nH]c2ccc(Cl)cc12. The summed E-state index contributed by atoms with van der Waals surface area (Å²) >= 11 is 12.3. The van der Waals surface area contributed by atoms with E-state index in [0.29, 0.717) is 16.6 Å². The van der Waals surface area contributed by atoms with Crippen molar-refractivity contribution in [2.24, 2.45) is 0 Å². The number of carbonyl (C=O) groups is 1. The van der Waals surface area contributed by atoms with Crippen LogP contribution in [0.2, 0.25) is 10.0 Å². The zero-order chi connectivity index (χ0) is 18.1. The van der Waals surface area contributed by atoms with Crippen molar-refractivity contribution >= 4 is 50.9 Å².